The highest BCUT2D eigenvalue weighted by Gasteiger charge is 2.25. The van der Waals surface area contributed by atoms with E-state index in [1.165, 1.54) is 30.2 Å². The molecule has 0 aliphatic rings. The largest absolute Gasteiger partial charge is 0.298 e. The van der Waals surface area contributed by atoms with Crippen molar-refractivity contribution in [3.8, 4) is 17.1 Å². The average molecular weight is 487 g/mol. The number of ketones is 1. The van der Waals surface area contributed by atoms with Crippen molar-refractivity contribution in [3.05, 3.63) is 53.6 Å². The smallest absolute Gasteiger partial charge is 0.242 e. The molecule has 1 aromatic heterocycles. The molecule has 0 saturated carbocycles. The van der Waals surface area contributed by atoms with E-state index in [0.29, 0.717) is 16.5 Å². The van der Waals surface area contributed by atoms with E-state index >= 15 is 0 Å². The van der Waals surface area contributed by atoms with Crippen molar-refractivity contribution in [2.24, 2.45) is 5.41 Å². The van der Waals surface area contributed by atoms with E-state index in [0.717, 1.165) is 16.8 Å². The molecule has 7 nitrogen and oxygen atoms in total. The number of nitrogens with zero attached hydrogens (tertiary/aromatic N) is 4. The summed E-state index contributed by atoms with van der Waals surface area (Å²) in [5, 5.41) is 9.41. The number of para-hydroxylation sites is 1. The van der Waals surface area contributed by atoms with Gasteiger partial charge in [0.15, 0.2) is 11.0 Å². The Hall–Kier alpha value is -2.49. The molecule has 0 spiro atoms. The lowest BCUT2D eigenvalue weighted by atomic mass is 9.92. The van der Waals surface area contributed by atoms with Crippen LogP contribution >= 0.6 is 11.8 Å². The quantitative estimate of drug-likeness (QED) is 0.457. The number of benzene rings is 2. The molecule has 0 bridgehead atoms. The Labute approximate surface area is 200 Å². The third-order valence-corrected chi connectivity index (χ3v) is 8.08. The zero-order valence-electron chi connectivity index (χ0n) is 20.1. The molecule has 0 unspecified atom stereocenters. The van der Waals surface area contributed by atoms with E-state index < -0.39 is 15.4 Å². The number of hydrogen-bond donors (Lipinski definition) is 0. The predicted molar refractivity (Wildman–Crippen MR) is 132 cm³/mol. The first-order chi connectivity index (χ1) is 15.3. The molecule has 0 radical (unpaired) electrons. The number of carbonyl (C=O) groups is 1. The molecule has 0 atom stereocenters. The van der Waals surface area contributed by atoms with Crippen LogP contribution in [0.15, 0.2) is 52.5 Å². The number of hydrogen-bond acceptors (Lipinski definition) is 6. The van der Waals surface area contributed by atoms with Gasteiger partial charge in [-0.1, -0.05) is 62.9 Å². The Morgan fingerprint density at radius 3 is 2.21 bits per heavy atom. The second-order valence-corrected chi connectivity index (χ2v) is 12.3. The minimum absolute atomic E-state index is 0.115. The van der Waals surface area contributed by atoms with Crippen LogP contribution in [-0.4, -0.2) is 53.1 Å². The number of rotatable bonds is 7. The lowest BCUT2D eigenvalue weighted by Crippen LogP contribution is -2.22. The molecule has 0 saturated heterocycles. The minimum Gasteiger partial charge on any atom is -0.298 e. The number of Topliss-reactive ketones (excluding diaryl/α,β-unsaturated/α-hetero) is 1. The van der Waals surface area contributed by atoms with Crippen LogP contribution in [0.3, 0.4) is 0 Å². The van der Waals surface area contributed by atoms with Crippen LogP contribution in [0, 0.1) is 19.3 Å². The fourth-order valence-electron chi connectivity index (χ4n) is 3.26. The van der Waals surface area contributed by atoms with E-state index in [1.54, 1.807) is 18.2 Å². The van der Waals surface area contributed by atoms with Gasteiger partial charge in [0.2, 0.25) is 10.0 Å². The van der Waals surface area contributed by atoms with Crippen molar-refractivity contribution < 1.29 is 13.2 Å². The van der Waals surface area contributed by atoms with Crippen molar-refractivity contribution in [1.82, 2.24) is 19.1 Å². The maximum Gasteiger partial charge on any atom is 0.242 e. The lowest BCUT2D eigenvalue weighted by molar-refractivity contribution is -0.123. The Morgan fingerprint density at radius 1 is 1.03 bits per heavy atom. The van der Waals surface area contributed by atoms with Gasteiger partial charge in [0, 0.05) is 25.1 Å². The number of aromatic nitrogens is 3. The van der Waals surface area contributed by atoms with E-state index in [4.69, 9.17) is 0 Å². The summed E-state index contributed by atoms with van der Waals surface area (Å²) >= 11 is 1.34. The number of aryl methyl sites for hydroxylation is 2. The van der Waals surface area contributed by atoms with Crippen molar-refractivity contribution >= 4 is 27.6 Å². The van der Waals surface area contributed by atoms with Crippen LogP contribution in [0.2, 0.25) is 0 Å². The fourth-order valence-corrected chi connectivity index (χ4v) is 5.31. The third kappa shape index (κ3) is 5.20. The highest BCUT2D eigenvalue weighted by atomic mass is 32.2. The zero-order chi connectivity index (χ0) is 24.6. The van der Waals surface area contributed by atoms with E-state index in [9.17, 15) is 13.2 Å². The molecule has 0 aliphatic heterocycles. The maximum absolute atomic E-state index is 12.7. The van der Waals surface area contributed by atoms with Crippen LogP contribution in [-0.2, 0) is 14.8 Å². The van der Waals surface area contributed by atoms with Crippen LogP contribution in [0.25, 0.3) is 17.1 Å². The Balaban J connectivity index is 2.18. The molecular weight excluding hydrogens is 456 g/mol. The first-order valence-corrected chi connectivity index (χ1v) is 13.0. The lowest BCUT2D eigenvalue weighted by Gasteiger charge is -2.18. The normalized spacial score (nSPS) is 12.4. The van der Waals surface area contributed by atoms with Crippen LogP contribution in [0.1, 0.15) is 31.9 Å². The molecule has 1 heterocycles. The summed E-state index contributed by atoms with van der Waals surface area (Å²) in [6, 6.07) is 12.7. The van der Waals surface area contributed by atoms with Gasteiger partial charge in [-0.2, -0.15) is 0 Å². The van der Waals surface area contributed by atoms with Gasteiger partial charge < -0.3 is 0 Å². The third-order valence-electron chi connectivity index (χ3n) is 5.34. The van der Waals surface area contributed by atoms with Gasteiger partial charge in [0.25, 0.3) is 0 Å². The molecule has 9 heteroatoms. The van der Waals surface area contributed by atoms with Crippen molar-refractivity contribution in [2.45, 2.75) is 44.7 Å². The van der Waals surface area contributed by atoms with Gasteiger partial charge in [-0.25, -0.2) is 12.7 Å². The van der Waals surface area contributed by atoms with Gasteiger partial charge in [-0.05, 0) is 37.1 Å². The summed E-state index contributed by atoms with van der Waals surface area (Å²) in [6.07, 6.45) is 0. The van der Waals surface area contributed by atoms with E-state index in [-0.39, 0.29) is 16.4 Å². The summed E-state index contributed by atoms with van der Waals surface area (Å²) in [4.78, 5) is 12.7. The Kier molecular flexibility index (Phi) is 7.16. The first kappa shape index (κ1) is 25.1. The van der Waals surface area contributed by atoms with Gasteiger partial charge >= 0.3 is 0 Å². The second-order valence-electron chi connectivity index (χ2n) is 9.16. The second kappa shape index (κ2) is 9.40. The van der Waals surface area contributed by atoms with Crippen molar-refractivity contribution in [2.75, 3.05) is 19.8 Å². The molecule has 3 rings (SSSR count). The minimum atomic E-state index is -3.61. The summed E-state index contributed by atoms with van der Waals surface area (Å²) in [6.45, 7) is 9.71. The molecule has 0 amide bonds. The number of carbonyl (C=O) groups excluding carboxylic acids is 1. The molecule has 0 aliphatic carbocycles. The van der Waals surface area contributed by atoms with Crippen LogP contribution in [0.5, 0.6) is 0 Å². The summed E-state index contributed by atoms with van der Waals surface area (Å²) in [5.74, 6) is 0.903. The molecule has 0 fully saturated rings. The summed E-state index contributed by atoms with van der Waals surface area (Å²) in [5.41, 5.74) is 3.15. The average Bonchev–Trinajstić information content (AvgIpc) is 3.14. The first-order valence-electron chi connectivity index (χ1n) is 10.5. The maximum atomic E-state index is 12.7. The molecule has 2 aromatic carbocycles. The topological polar surface area (TPSA) is 85.2 Å². The predicted octanol–water partition coefficient (Wildman–Crippen LogP) is 4.51. The van der Waals surface area contributed by atoms with Gasteiger partial charge in [0.1, 0.15) is 5.78 Å². The van der Waals surface area contributed by atoms with Crippen molar-refractivity contribution in [1.29, 1.82) is 0 Å². The van der Waals surface area contributed by atoms with E-state index in [1.807, 2.05) is 63.5 Å². The Morgan fingerprint density at radius 2 is 1.64 bits per heavy atom. The number of sulfonamides is 1. The standard InChI is InChI=1S/C24H30N4O3S2/c1-16-10-8-11-17(2)21(16)28-22(25-26-23(28)32-15-20(29)24(3,4)5)18-12-9-13-19(14-18)33(30,31)27(6)7/h8-14H,15H2,1-7H3. The SMILES string of the molecule is Cc1cccc(C)c1-n1c(SCC(=O)C(C)(C)C)nnc1-c1cccc(S(=O)(=O)N(C)C)c1. The molecule has 176 valence electrons. The molecule has 0 N–H and O–H groups in total. The van der Waals surface area contributed by atoms with Crippen LogP contribution in [0.4, 0.5) is 0 Å². The zero-order valence-corrected chi connectivity index (χ0v) is 21.7. The molecule has 3 aromatic rings. The van der Waals surface area contributed by atoms with Gasteiger partial charge in [-0.15, -0.1) is 10.2 Å². The van der Waals surface area contributed by atoms with Crippen LogP contribution < -0.4 is 0 Å². The van der Waals surface area contributed by atoms with E-state index in [2.05, 4.69) is 10.2 Å². The van der Waals surface area contributed by atoms with Crippen molar-refractivity contribution in [3.63, 3.8) is 0 Å². The summed E-state index contributed by atoms with van der Waals surface area (Å²) < 4.78 is 28.5. The van der Waals surface area contributed by atoms with Gasteiger partial charge in [0.05, 0.1) is 16.3 Å². The molecular formula is C24H30N4O3S2. The highest BCUT2D eigenvalue weighted by molar-refractivity contribution is 7.99. The number of thioether (sulfide) groups is 1. The molecule has 33 heavy (non-hydrogen) atoms. The monoisotopic (exact) mass is 486 g/mol. The fraction of sp³-hybridized carbons (Fsp3) is 0.375. The summed E-state index contributed by atoms with van der Waals surface area (Å²) in [7, 11) is -0.602. The Bertz CT molecular complexity index is 1270. The van der Waals surface area contributed by atoms with Gasteiger partial charge in [-0.3, -0.25) is 9.36 Å². The highest BCUT2D eigenvalue weighted by Crippen LogP contribution is 2.33.